The number of carbonyl (C=O) groups excluding carboxylic acids is 2. The van der Waals surface area contributed by atoms with Gasteiger partial charge in [-0.3, -0.25) is 9.69 Å². The molecule has 0 fully saturated rings. The number of para-hydroxylation sites is 1. The lowest BCUT2D eigenvalue weighted by Gasteiger charge is -2.32. The average molecular weight is 538 g/mol. The maximum Gasteiger partial charge on any atom is 0.409 e. The van der Waals surface area contributed by atoms with E-state index in [4.69, 9.17) is 18.9 Å². The van der Waals surface area contributed by atoms with Crippen molar-refractivity contribution in [3.05, 3.63) is 53.7 Å². The van der Waals surface area contributed by atoms with Crippen molar-refractivity contribution in [2.75, 3.05) is 20.3 Å². The van der Waals surface area contributed by atoms with Crippen LogP contribution in [0, 0.1) is 5.92 Å². The summed E-state index contributed by atoms with van der Waals surface area (Å²) in [5.74, 6) is 1.28. The molecule has 0 saturated carbocycles. The van der Waals surface area contributed by atoms with Gasteiger partial charge in [0.15, 0.2) is 17.6 Å². The van der Waals surface area contributed by atoms with Gasteiger partial charge in [0.1, 0.15) is 5.75 Å². The van der Waals surface area contributed by atoms with Crippen LogP contribution in [-0.4, -0.2) is 53.8 Å². The number of nitrogens with zero attached hydrogens (tertiary/aromatic N) is 1. The molecule has 0 aliphatic carbocycles. The highest BCUT2D eigenvalue weighted by atomic mass is 16.6. The van der Waals surface area contributed by atoms with Crippen molar-refractivity contribution in [3.63, 3.8) is 0 Å². The van der Waals surface area contributed by atoms with Crippen LogP contribution < -0.4 is 19.5 Å². The van der Waals surface area contributed by atoms with E-state index in [2.05, 4.69) is 10.3 Å². The second-order valence-electron chi connectivity index (χ2n) is 11.0. The van der Waals surface area contributed by atoms with E-state index in [9.17, 15) is 9.59 Å². The molecule has 2 amide bonds. The van der Waals surface area contributed by atoms with Crippen LogP contribution >= 0.6 is 0 Å². The molecular formula is C30H39N3O6. The molecule has 9 heteroatoms. The first-order valence-electron chi connectivity index (χ1n) is 13.4. The van der Waals surface area contributed by atoms with Gasteiger partial charge in [-0.2, -0.15) is 0 Å². The number of rotatable bonds is 8. The number of H-pyrrole nitrogens is 1. The molecule has 9 nitrogen and oxygen atoms in total. The number of methoxy groups -OCH3 is 1. The summed E-state index contributed by atoms with van der Waals surface area (Å²) in [6, 6.07) is 11.3. The molecule has 0 radical (unpaired) electrons. The normalized spacial score (nSPS) is 17.4. The van der Waals surface area contributed by atoms with Crippen LogP contribution in [-0.2, 0) is 16.0 Å². The van der Waals surface area contributed by atoms with E-state index >= 15 is 0 Å². The van der Waals surface area contributed by atoms with Gasteiger partial charge in [-0.25, -0.2) is 4.79 Å². The topological polar surface area (TPSA) is 102 Å². The van der Waals surface area contributed by atoms with Crippen LogP contribution in [0.5, 0.6) is 17.2 Å². The zero-order chi connectivity index (χ0) is 28.3. The Morgan fingerprint density at radius 2 is 1.97 bits per heavy atom. The Labute approximate surface area is 229 Å². The lowest BCUT2D eigenvalue weighted by Crippen LogP contribution is -2.48. The summed E-state index contributed by atoms with van der Waals surface area (Å²) < 4.78 is 23.6. The smallest absolute Gasteiger partial charge is 0.409 e. The number of aromatic nitrogens is 1. The second-order valence-corrected chi connectivity index (χ2v) is 11.0. The fraction of sp³-hybridized carbons (Fsp3) is 0.467. The summed E-state index contributed by atoms with van der Waals surface area (Å²) in [6.07, 6.45) is 0.0289. The van der Waals surface area contributed by atoms with Crippen LogP contribution in [0.15, 0.2) is 42.6 Å². The number of nitrogens with one attached hydrogen (secondary N) is 2. The number of hydrogen-bond donors (Lipinski definition) is 2. The Morgan fingerprint density at radius 3 is 2.64 bits per heavy atom. The Bertz CT molecular complexity index is 1330. The van der Waals surface area contributed by atoms with Gasteiger partial charge in [-0.05, 0) is 75.9 Å². The molecule has 1 aliphatic rings. The van der Waals surface area contributed by atoms with Crippen LogP contribution in [0.2, 0.25) is 0 Å². The van der Waals surface area contributed by atoms with E-state index in [1.807, 2.05) is 78.1 Å². The van der Waals surface area contributed by atoms with Gasteiger partial charge >= 0.3 is 6.09 Å². The molecule has 2 N–H and O–H groups in total. The van der Waals surface area contributed by atoms with Crippen molar-refractivity contribution in [1.82, 2.24) is 15.2 Å². The van der Waals surface area contributed by atoms with E-state index in [0.717, 1.165) is 22.2 Å². The molecule has 0 spiro atoms. The summed E-state index contributed by atoms with van der Waals surface area (Å²) in [7, 11) is 1.63. The van der Waals surface area contributed by atoms with Crippen molar-refractivity contribution in [2.24, 2.45) is 5.92 Å². The van der Waals surface area contributed by atoms with Crippen molar-refractivity contribution in [3.8, 4) is 17.2 Å². The predicted molar refractivity (Wildman–Crippen MR) is 149 cm³/mol. The first kappa shape index (κ1) is 28.1. The van der Waals surface area contributed by atoms with Gasteiger partial charge in [-0.1, -0.05) is 19.9 Å². The Balaban J connectivity index is 1.76. The minimum atomic E-state index is -1.02. The third kappa shape index (κ3) is 6.24. The van der Waals surface area contributed by atoms with Gasteiger partial charge in [0.05, 0.1) is 19.3 Å². The first-order chi connectivity index (χ1) is 18.5. The third-order valence-corrected chi connectivity index (χ3v) is 6.53. The molecule has 1 aliphatic heterocycles. The predicted octanol–water partition coefficient (Wildman–Crippen LogP) is 5.59. The standard InChI is InChI=1S/C30H39N3O6/c1-8-37-24-11-9-10-21-26(24)38-25(18(2)3)27(34)33(28(21)39-29(35)32-30(4,5)6)15-14-19-17-31-23-13-12-20(36-7)16-22(19)23/h9-13,16-18,25,28,31H,8,14-15H2,1-7H3,(H,32,35). The molecule has 2 unspecified atom stereocenters. The van der Waals surface area contributed by atoms with Gasteiger partial charge in [-0.15, -0.1) is 0 Å². The summed E-state index contributed by atoms with van der Waals surface area (Å²) >= 11 is 0. The molecule has 2 atom stereocenters. The SMILES string of the molecule is CCOc1cccc2c1OC(C(C)C)C(=O)N(CCc1c[nH]c3ccc(OC)cc13)C2OC(=O)NC(C)(C)C. The number of hydrogen-bond acceptors (Lipinski definition) is 6. The number of alkyl carbamates (subject to hydrolysis) is 1. The molecule has 2 aromatic carbocycles. The summed E-state index contributed by atoms with van der Waals surface area (Å²) in [6.45, 7) is 12.1. The first-order valence-corrected chi connectivity index (χ1v) is 13.4. The molecule has 1 aromatic heterocycles. The molecule has 3 aromatic rings. The number of aromatic amines is 1. The minimum absolute atomic E-state index is 0.137. The number of carbonyl (C=O) groups is 2. The summed E-state index contributed by atoms with van der Waals surface area (Å²) in [5.41, 5.74) is 2.03. The van der Waals surface area contributed by atoms with Crippen LogP contribution in [0.25, 0.3) is 10.9 Å². The lowest BCUT2D eigenvalue weighted by atomic mass is 10.0. The van der Waals surface area contributed by atoms with Crippen molar-refractivity contribution in [2.45, 2.75) is 65.8 Å². The Hall–Kier alpha value is -3.88. The van der Waals surface area contributed by atoms with E-state index in [-0.39, 0.29) is 11.8 Å². The molecular weight excluding hydrogens is 498 g/mol. The molecule has 210 valence electrons. The fourth-order valence-electron chi connectivity index (χ4n) is 4.69. The zero-order valence-corrected chi connectivity index (χ0v) is 23.8. The number of benzene rings is 2. The lowest BCUT2D eigenvalue weighted by molar-refractivity contribution is -0.149. The molecule has 0 saturated heterocycles. The highest BCUT2D eigenvalue weighted by Gasteiger charge is 2.42. The monoisotopic (exact) mass is 537 g/mol. The van der Waals surface area contributed by atoms with Gasteiger partial charge in [0.25, 0.3) is 5.91 Å². The quantitative estimate of drug-likeness (QED) is 0.389. The number of fused-ring (bicyclic) bond motifs is 2. The van der Waals surface area contributed by atoms with Gasteiger partial charge < -0.3 is 29.2 Å². The molecule has 0 bridgehead atoms. The van der Waals surface area contributed by atoms with Crippen LogP contribution in [0.4, 0.5) is 4.79 Å². The summed E-state index contributed by atoms with van der Waals surface area (Å²) in [4.78, 5) is 32.0. The van der Waals surface area contributed by atoms with E-state index < -0.39 is 24.0 Å². The van der Waals surface area contributed by atoms with Crippen LogP contribution in [0.1, 0.15) is 58.9 Å². The second kappa shape index (κ2) is 11.5. The minimum Gasteiger partial charge on any atom is -0.497 e. The van der Waals surface area contributed by atoms with E-state index in [1.165, 1.54) is 0 Å². The highest BCUT2D eigenvalue weighted by molar-refractivity contribution is 5.85. The number of ether oxygens (including phenoxy) is 4. The number of amides is 2. The third-order valence-electron chi connectivity index (χ3n) is 6.53. The fourth-order valence-corrected chi connectivity index (χ4v) is 4.69. The van der Waals surface area contributed by atoms with Crippen molar-refractivity contribution >= 4 is 22.9 Å². The van der Waals surface area contributed by atoms with Crippen molar-refractivity contribution < 1.29 is 28.5 Å². The van der Waals surface area contributed by atoms with E-state index in [1.54, 1.807) is 18.1 Å². The van der Waals surface area contributed by atoms with E-state index in [0.29, 0.717) is 36.6 Å². The van der Waals surface area contributed by atoms with Crippen molar-refractivity contribution in [1.29, 1.82) is 0 Å². The average Bonchev–Trinajstić information content (AvgIpc) is 3.23. The maximum atomic E-state index is 14.0. The highest BCUT2D eigenvalue weighted by Crippen LogP contribution is 2.42. The Morgan fingerprint density at radius 1 is 1.21 bits per heavy atom. The largest absolute Gasteiger partial charge is 0.497 e. The van der Waals surface area contributed by atoms with Gasteiger partial charge in [0, 0.05) is 29.2 Å². The Kier molecular flexibility index (Phi) is 8.28. The summed E-state index contributed by atoms with van der Waals surface area (Å²) in [5, 5.41) is 3.85. The van der Waals surface area contributed by atoms with Gasteiger partial charge in [0.2, 0.25) is 6.23 Å². The maximum absolute atomic E-state index is 14.0. The molecule has 2 heterocycles. The molecule has 4 rings (SSSR count). The van der Waals surface area contributed by atoms with Crippen LogP contribution in [0.3, 0.4) is 0 Å². The molecule has 39 heavy (non-hydrogen) atoms. The zero-order valence-electron chi connectivity index (χ0n) is 23.8.